The Kier molecular flexibility index (Phi) is 5.56. The average molecular weight is 390 g/mol. The summed E-state index contributed by atoms with van der Waals surface area (Å²) in [5.74, 6) is 1.83. The Hall–Kier alpha value is -3.61. The first-order valence-electron chi connectivity index (χ1n) is 9.56. The van der Waals surface area contributed by atoms with Gasteiger partial charge in [0.1, 0.15) is 13.2 Å². The molecule has 1 aliphatic rings. The highest BCUT2D eigenvalue weighted by molar-refractivity contribution is 5.92. The van der Waals surface area contributed by atoms with Gasteiger partial charge in [-0.25, -0.2) is 0 Å². The van der Waals surface area contributed by atoms with Crippen molar-refractivity contribution in [3.8, 4) is 11.5 Å². The molecule has 0 atom stereocenters. The van der Waals surface area contributed by atoms with Gasteiger partial charge in [-0.05, 0) is 36.8 Å². The lowest BCUT2D eigenvalue weighted by Gasteiger charge is -2.20. The number of ether oxygens (including phenoxy) is 2. The van der Waals surface area contributed by atoms with Crippen molar-refractivity contribution >= 4 is 17.4 Å². The monoisotopic (exact) mass is 390 g/mol. The Morgan fingerprint density at radius 2 is 1.79 bits per heavy atom. The summed E-state index contributed by atoms with van der Waals surface area (Å²) in [7, 11) is 0. The summed E-state index contributed by atoms with van der Waals surface area (Å²) in [5.41, 5.74) is 2.20. The van der Waals surface area contributed by atoms with Crippen LogP contribution in [0, 0.1) is 0 Å². The molecule has 0 radical (unpaired) electrons. The minimum atomic E-state index is -0.144. The lowest BCUT2D eigenvalue weighted by atomic mass is 10.2. The second-order valence-corrected chi connectivity index (χ2v) is 6.59. The quantitative estimate of drug-likeness (QED) is 0.692. The number of rotatable bonds is 6. The van der Waals surface area contributed by atoms with Crippen LogP contribution in [0.5, 0.6) is 11.5 Å². The Morgan fingerprint density at radius 1 is 1.00 bits per heavy atom. The van der Waals surface area contributed by atoms with Gasteiger partial charge >= 0.3 is 0 Å². The van der Waals surface area contributed by atoms with E-state index in [0.717, 1.165) is 17.0 Å². The smallest absolute Gasteiger partial charge is 0.274 e. The molecule has 0 saturated carbocycles. The van der Waals surface area contributed by atoms with Crippen molar-refractivity contribution in [3.63, 3.8) is 0 Å². The van der Waals surface area contributed by atoms with Gasteiger partial charge in [-0.2, -0.15) is 0 Å². The van der Waals surface area contributed by atoms with Crippen molar-refractivity contribution in [1.82, 2.24) is 15.1 Å². The van der Waals surface area contributed by atoms with E-state index in [1.807, 2.05) is 55.5 Å². The van der Waals surface area contributed by atoms with E-state index in [9.17, 15) is 4.79 Å². The maximum atomic E-state index is 12.8. The number of amides is 1. The van der Waals surface area contributed by atoms with Gasteiger partial charge in [0.2, 0.25) is 0 Å². The zero-order chi connectivity index (χ0) is 20.1. The molecule has 1 amide bonds. The molecule has 0 aliphatic carbocycles. The zero-order valence-corrected chi connectivity index (χ0v) is 16.2. The highest BCUT2D eigenvalue weighted by Crippen LogP contribution is 2.33. The van der Waals surface area contributed by atoms with Crippen LogP contribution in [-0.2, 0) is 6.54 Å². The Balaban J connectivity index is 1.43. The third kappa shape index (κ3) is 4.45. The second-order valence-electron chi connectivity index (χ2n) is 6.59. The topological polar surface area (TPSA) is 76.6 Å². The van der Waals surface area contributed by atoms with E-state index in [-0.39, 0.29) is 5.91 Å². The van der Waals surface area contributed by atoms with E-state index in [2.05, 4.69) is 15.5 Å². The van der Waals surface area contributed by atoms with Crippen LogP contribution in [0.3, 0.4) is 0 Å². The molecular formula is C22H22N4O3. The van der Waals surface area contributed by atoms with Gasteiger partial charge < -0.3 is 19.7 Å². The first-order chi connectivity index (χ1) is 14.2. The summed E-state index contributed by atoms with van der Waals surface area (Å²) < 4.78 is 11.1. The summed E-state index contributed by atoms with van der Waals surface area (Å²) in [5, 5.41) is 11.4. The van der Waals surface area contributed by atoms with Crippen molar-refractivity contribution in [1.29, 1.82) is 0 Å². The summed E-state index contributed by atoms with van der Waals surface area (Å²) in [6.07, 6.45) is 0. The summed E-state index contributed by atoms with van der Waals surface area (Å²) in [4.78, 5) is 14.5. The van der Waals surface area contributed by atoms with Gasteiger partial charge in [0.15, 0.2) is 23.0 Å². The van der Waals surface area contributed by atoms with Gasteiger partial charge in [0.25, 0.3) is 5.91 Å². The van der Waals surface area contributed by atoms with Gasteiger partial charge in [0, 0.05) is 24.8 Å². The van der Waals surface area contributed by atoms with Crippen LogP contribution in [0.2, 0.25) is 0 Å². The second kappa shape index (κ2) is 8.60. The number of anilines is 2. The fourth-order valence-corrected chi connectivity index (χ4v) is 3.08. The van der Waals surface area contributed by atoms with Crippen molar-refractivity contribution in [2.24, 2.45) is 0 Å². The molecule has 4 rings (SSSR count). The molecule has 1 aromatic heterocycles. The first-order valence-corrected chi connectivity index (χ1v) is 9.56. The van der Waals surface area contributed by atoms with E-state index in [0.29, 0.717) is 43.6 Å². The standard InChI is InChI=1S/C22H22N4O3/c1-2-26(15-16-6-4-3-5-7-16)22(27)18-9-11-21(25-24-18)23-17-8-10-19-20(14-17)29-13-12-28-19/h3-11,14H,2,12-13,15H2,1H3,(H,23,25). The number of nitrogens with one attached hydrogen (secondary N) is 1. The average Bonchev–Trinajstić information content (AvgIpc) is 2.78. The minimum Gasteiger partial charge on any atom is -0.486 e. The van der Waals surface area contributed by atoms with Gasteiger partial charge in [-0.15, -0.1) is 10.2 Å². The van der Waals surface area contributed by atoms with Gasteiger partial charge in [-0.3, -0.25) is 4.79 Å². The van der Waals surface area contributed by atoms with Crippen LogP contribution in [0.25, 0.3) is 0 Å². The Labute approximate surface area is 169 Å². The lowest BCUT2D eigenvalue weighted by Crippen LogP contribution is -2.31. The normalized spacial score (nSPS) is 12.3. The molecule has 0 fully saturated rings. The van der Waals surface area contributed by atoms with E-state index in [4.69, 9.17) is 9.47 Å². The molecule has 0 unspecified atom stereocenters. The van der Waals surface area contributed by atoms with Gasteiger partial charge in [-0.1, -0.05) is 30.3 Å². The number of hydrogen-bond donors (Lipinski definition) is 1. The predicted molar refractivity (Wildman–Crippen MR) is 110 cm³/mol. The summed E-state index contributed by atoms with van der Waals surface area (Å²) in [6.45, 7) is 4.16. The van der Waals surface area contributed by atoms with Crippen LogP contribution >= 0.6 is 0 Å². The lowest BCUT2D eigenvalue weighted by molar-refractivity contribution is 0.0745. The highest BCUT2D eigenvalue weighted by atomic mass is 16.6. The number of hydrogen-bond acceptors (Lipinski definition) is 6. The largest absolute Gasteiger partial charge is 0.486 e. The SMILES string of the molecule is CCN(Cc1ccccc1)C(=O)c1ccc(Nc2ccc3c(c2)OCCO3)nn1. The maximum Gasteiger partial charge on any atom is 0.274 e. The van der Waals surface area contributed by atoms with E-state index < -0.39 is 0 Å². The molecule has 7 heteroatoms. The molecule has 1 aliphatic heterocycles. The molecule has 29 heavy (non-hydrogen) atoms. The molecule has 148 valence electrons. The summed E-state index contributed by atoms with van der Waals surface area (Å²) >= 11 is 0. The fraction of sp³-hybridized carbons (Fsp3) is 0.227. The van der Waals surface area contributed by atoms with Crippen LogP contribution in [-0.4, -0.2) is 40.8 Å². The third-order valence-electron chi connectivity index (χ3n) is 4.58. The van der Waals surface area contributed by atoms with E-state index >= 15 is 0 Å². The summed E-state index contributed by atoms with van der Waals surface area (Å²) in [6, 6.07) is 18.9. The van der Waals surface area contributed by atoms with Crippen molar-refractivity contribution in [2.45, 2.75) is 13.5 Å². The molecule has 2 aromatic carbocycles. The van der Waals surface area contributed by atoms with Crippen LogP contribution in [0.4, 0.5) is 11.5 Å². The zero-order valence-electron chi connectivity index (χ0n) is 16.2. The number of benzene rings is 2. The van der Waals surface area contributed by atoms with Crippen LogP contribution in [0.15, 0.2) is 60.7 Å². The van der Waals surface area contributed by atoms with Crippen LogP contribution in [0.1, 0.15) is 23.0 Å². The third-order valence-corrected chi connectivity index (χ3v) is 4.58. The number of aromatic nitrogens is 2. The van der Waals surface area contributed by atoms with Crippen molar-refractivity contribution in [2.75, 3.05) is 25.1 Å². The highest BCUT2D eigenvalue weighted by Gasteiger charge is 2.17. The molecule has 2 heterocycles. The van der Waals surface area contributed by atoms with Crippen molar-refractivity contribution in [3.05, 3.63) is 71.9 Å². The number of carbonyl (C=O) groups is 1. The molecule has 0 bridgehead atoms. The number of nitrogens with zero attached hydrogens (tertiary/aromatic N) is 3. The number of fused-ring (bicyclic) bond motifs is 1. The Morgan fingerprint density at radius 3 is 2.52 bits per heavy atom. The maximum absolute atomic E-state index is 12.8. The molecule has 3 aromatic rings. The van der Waals surface area contributed by atoms with Gasteiger partial charge in [0.05, 0.1) is 0 Å². The minimum absolute atomic E-state index is 0.144. The molecule has 0 spiro atoms. The molecule has 7 nitrogen and oxygen atoms in total. The number of carbonyl (C=O) groups excluding carboxylic acids is 1. The Bertz CT molecular complexity index is 977. The molecular weight excluding hydrogens is 368 g/mol. The van der Waals surface area contributed by atoms with E-state index in [1.54, 1.807) is 17.0 Å². The fourth-order valence-electron chi connectivity index (χ4n) is 3.08. The first kappa shape index (κ1) is 18.7. The predicted octanol–water partition coefficient (Wildman–Crippen LogP) is 3.65. The van der Waals surface area contributed by atoms with E-state index in [1.165, 1.54) is 0 Å². The molecule has 1 N–H and O–H groups in total. The van der Waals surface area contributed by atoms with Crippen LogP contribution < -0.4 is 14.8 Å². The van der Waals surface area contributed by atoms with Crippen molar-refractivity contribution < 1.29 is 14.3 Å². The molecule has 0 saturated heterocycles.